The second-order valence-corrected chi connectivity index (χ2v) is 4.16. The van der Waals surface area contributed by atoms with Crippen LogP contribution in [0.1, 0.15) is 7.43 Å². The molecule has 0 aromatic carbocycles. The fraction of sp³-hybridized carbons (Fsp3) is 1.00. The van der Waals surface area contributed by atoms with Crippen molar-refractivity contribution in [1.82, 2.24) is 4.86 Å². The van der Waals surface area contributed by atoms with Crippen LogP contribution < -0.4 is 4.86 Å². The molecule has 9 heteroatoms. The highest BCUT2D eigenvalue weighted by molar-refractivity contribution is 7.65. The molecule has 0 saturated heterocycles. The van der Waals surface area contributed by atoms with E-state index in [1.54, 1.807) is 0 Å². The van der Waals surface area contributed by atoms with E-state index in [9.17, 15) is 9.13 Å². The summed E-state index contributed by atoms with van der Waals surface area (Å²) in [5, 5.41) is 0. The molecule has 0 aliphatic heterocycles. The van der Waals surface area contributed by atoms with Crippen LogP contribution in [0.15, 0.2) is 0 Å². The van der Waals surface area contributed by atoms with Gasteiger partial charge in [-0.3, -0.25) is 0 Å². The van der Waals surface area contributed by atoms with Crippen molar-refractivity contribution in [2.75, 3.05) is 0 Å². The summed E-state index contributed by atoms with van der Waals surface area (Å²) in [5.74, 6) is 0. The molecule has 0 atom stereocenters. The van der Waals surface area contributed by atoms with Crippen LogP contribution in [-0.2, 0) is 9.13 Å². The number of hydrogen-bond acceptors (Lipinski definition) is 2. The SMILES string of the molecule is C.O=P(O)(O)NP(=O)(O)O. The molecule has 0 rings (SSSR count). The first kappa shape index (κ1) is 12.9. The molecule has 0 aromatic heterocycles. The first-order chi connectivity index (χ1) is 3.71. The Hall–Kier alpha value is 0.260. The molecular formula is CH9NO6P2. The van der Waals surface area contributed by atoms with E-state index in [1.807, 2.05) is 0 Å². The third kappa shape index (κ3) is 11.1. The lowest BCUT2D eigenvalue weighted by Crippen LogP contribution is -2.04. The zero-order chi connectivity index (χ0) is 7.71. The van der Waals surface area contributed by atoms with Gasteiger partial charge < -0.3 is 19.6 Å². The molecule has 0 radical (unpaired) electrons. The van der Waals surface area contributed by atoms with Crippen LogP contribution in [-0.4, -0.2) is 19.6 Å². The molecule has 0 aliphatic carbocycles. The molecule has 0 saturated carbocycles. The minimum absolute atomic E-state index is 0. The Bertz CT molecular complexity index is 156. The lowest BCUT2D eigenvalue weighted by Gasteiger charge is -2.05. The van der Waals surface area contributed by atoms with Gasteiger partial charge in [-0.1, -0.05) is 7.43 Å². The molecule has 0 heterocycles. The van der Waals surface area contributed by atoms with E-state index in [4.69, 9.17) is 19.6 Å². The maximum absolute atomic E-state index is 9.74. The highest BCUT2D eigenvalue weighted by Crippen LogP contribution is 2.43. The van der Waals surface area contributed by atoms with Gasteiger partial charge in [-0.2, -0.15) is 0 Å². The predicted molar refractivity (Wildman–Crippen MR) is 34.0 cm³/mol. The average Bonchev–Trinajstić information content (AvgIpc) is 1.14. The summed E-state index contributed by atoms with van der Waals surface area (Å²) in [4.78, 5) is 32.2. The highest BCUT2D eigenvalue weighted by Gasteiger charge is 2.24. The van der Waals surface area contributed by atoms with Gasteiger partial charge in [0.15, 0.2) is 0 Å². The summed E-state index contributed by atoms with van der Waals surface area (Å²) in [6.07, 6.45) is 0. The molecule has 0 bridgehead atoms. The third-order valence-corrected chi connectivity index (χ3v) is 2.34. The van der Waals surface area contributed by atoms with Crippen molar-refractivity contribution < 1.29 is 28.7 Å². The second-order valence-electron chi connectivity index (χ2n) is 1.19. The minimum atomic E-state index is -4.80. The van der Waals surface area contributed by atoms with Crippen molar-refractivity contribution in [2.45, 2.75) is 7.43 Å². The largest absolute Gasteiger partial charge is 0.409 e. The standard InChI is InChI=1S/CH4.H5NO6P2/c;2-8(3,4)1-9(5,6)7/h1H4;(H5,1,2,3,4,5,6,7). The quantitative estimate of drug-likeness (QED) is 0.370. The predicted octanol–water partition coefficient (Wildman–Crippen LogP) is -0.603. The van der Waals surface area contributed by atoms with Gasteiger partial charge in [0.25, 0.3) is 0 Å². The van der Waals surface area contributed by atoms with E-state index < -0.39 is 15.5 Å². The molecule has 0 fully saturated rings. The normalized spacial score (nSPS) is 12.4. The summed E-state index contributed by atoms with van der Waals surface area (Å²) in [6, 6.07) is 0. The van der Waals surface area contributed by atoms with E-state index in [0.717, 1.165) is 4.86 Å². The van der Waals surface area contributed by atoms with Crippen LogP contribution in [0, 0.1) is 0 Å². The molecule has 10 heavy (non-hydrogen) atoms. The van der Waals surface area contributed by atoms with Crippen LogP contribution in [0.2, 0.25) is 0 Å². The van der Waals surface area contributed by atoms with Gasteiger partial charge in [0, 0.05) is 0 Å². The average molecular weight is 193 g/mol. The summed E-state index contributed by atoms with van der Waals surface area (Å²) < 4.78 is 19.5. The van der Waals surface area contributed by atoms with Gasteiger partial charge >= 0.3 is 15.5 Å². The molecule has 7 nitrogen and oxygen atoms in total. The summed E-state index contributed by atoms with van der Waals surface area (Å²) in [7, 11) is -9.60. The van der Waals surface area contributed by atoms with E-state index in [0.29, 0.717) is 0 Å². The van der Waals surface area contributed by atoms with Crippen LogP contribution in [0.25, 0.3) is 0 Å². The minimum Gasteiger partial charge on any atom is -0.312 e. The Kier molecular flexibility index (Phi) is 4.63. The Labute approximate surface area is 57.5 Å². The maximum Gasteiger partial charge on any atom is 0.409 e. The van der Waals surface area contributed by atoms with E-state index in [1.165, 1.54) is 0 Å². The second kappa shape index (κ2) is 3.59. The lowest BCUT2D eigenvalue weighted by atomic mass is 12.0. The fourth-order valence-corrected chi connectivity index (χ4v) is 1.53. The van der Waals surface area contributed by atoms with Gasteiger partial charge in [-0.25, -0.2) is 9.13 Å². The Morgan fingerprint density at radius 3 is 1.10 bits per heavy atom. The molecule has 0 aliphatic rings. The van der Waals surface area contributed by atoms with Crippen LogP contribution >= 0.6 is 15.5 Å². The zero-order valence-electron chi connectivity index (χ0n) is 4.00. The topological polar surface area (TPSA) is 127 Å². The number of rotatable bonds is 2. The van der Waals surface area contributed by atoms with Crippen LogP contribution in [0.5, 0.6) is 0 Å². The van der Waals surface area contributed by atoms with Crippen LogP contribution in [0.3, 0.4) is 0 Å². The molecule has 0 aromatic rings. The Morgan fingerprint density at radius 2 is 1.10 bits per heavy atom. The van der Waals surface area contributed by atoms with E-state index in [2.05, 4.69) is 0 Å². The van der Waals surface area contributed by atoms with Crippen molar-refractivity contribution >= 4 is 15.5 Å². The maximum atomic E-state index is 9.74. The van der Waals surface area contributed by atoms with E-state index >= 15 is 0 Å². The molecule has 0 amide bonds. The molecular weight excluding hydrogens is 184 g/mol. The Morgan fingerprint density at radius 1 is 0.900 bits per heavy atom. The van der Waals surface area contributed by atoms with Crippen molar-refractivity contribution in [1.29, 1.82) is 0 Å². The van der Waals surface area contributed by atoms with Gasteiger partial charge in [0.2, 0.25) is 0 Å². The smallest absolute Gasteiger partial charge is 0.312 e. The van der Waals surface area contributed by atoms with Gasteiger partial charge in [0.05, 0.1) is 0 Å². The third-order valence-electron chi connectivity index (χ3n) is 0.261. The van der Waals surface area contributed by atoms with Gasteiger partial charge in [0.1, 0.15) is 0 Å². The highest BCUT2D eigenvalue weighted by atomic mass is 31.3. The Balaban J connectivity index is 0. The molecule has 5 N–H and O–H groups in total. The van der Waals surface area contributed by atoms with Gasteiger partial charge in [-0.15, -0.1) is 4.86 Å². The zero-order valence-corrected chi connectivity index (χ0v) is 5.79. The van der Waals surface area contributed by atoms with Crippen molar-refractivity contribution in [3.05, 3.63) is 0 Å². The first-order valence-corrected chi connectivity index (χ1v) is 4.84. The molecule has 0 spiro atoms. The van der Waals surface area contributed by atoms with Gasteiger partial charge in [-0.05, 0) is 0 Å². The molecule has 64 valence electrons. The number of hydrogen-bond donors (Lipinski definition) is 5. The molecule has 0 unspecified atom stereocenters. The lowest BCUT2D eigenvalue weighted by molar-refractivity contribution is 0.338. The summed E-state index contributed by atoms with van der Waals surface area (Å²) in [6.45, 7) is 0. The van der Waals surface area contributed by atoms with E-state index in [-0.39, 0.29) is 7.43 Å². The first-order valence-electron chi connectivity index (χ1n) is 1.61. The van der Waals surface area contributed by atoms with Crippen LogP contribution in [0.4, 0.5) is 0 Å². The van der Waals surface area contributed by atoms with Crippen molar-refractivity contribution in [3.63, 3.8) is 0 Å². The summed E-state index contributed by atoms with van der Waals surface area (Å²) >= 11 is 0. The fourth-order valence-electron chi connectivity index (χ4n) is 0.170. The number of nitrogens with one attached hydrogen (secondary N) is 1. The van der Waals surface area contributed by atoms with Crippen molar-refractivity contribution in [3.8, 4) is 0 Å². The summed E-state index contributed by atoms with van der Waals surface area (Å²) in [5.41, 5.74) is 0. The monoisotopic (exact) mass is 193 g/mol. The van der Waals surface area contributed by atoms with Crippen molar-refractivity contribution in [2.24, 2.45) is 0 Å².